The highest BCUT2D eigenvalue weighted by atomic mass is 127. The topological polar surface area (TPSA) is 84.3 Å². The van der Waals surface area contributed by atoms with Crippen molar-refractivity contribution < 1.29 is 9.72 Å². The van der Waals surface area contributed by atoms with Crippen LogP contribution < -0.4 is 10.6 Å². The van der Waals surface area contributed by atoms with Crippen LogP contribution in [0.3, 0.4) is 0 Å². The van der Waals surface area contributed by atoms with Gasteiger partial charge in [-0.2, -0.15) is 0 Å². The lowest BCUT2D eigenvalue weighted by Gasteiger charge is -2.12. The van der Waals surface area contributed by atoms with E-state index >= 15 is 0 Å². The van der Waals surface area contributed by atoms with Gasteiger partial charge in [-0.1, -0.05) is 12.1 Å². The second kappa shape index (κ2) is 7.67. The molecule has 0 fully saturated rings. The lowest BCUT2D eigenvalue weighted by molar-refractivity contribution is -0.385. The summed E-state index contributed by atoms with van der Waals surface area (Å²) in [5.74, 6) is -0.339. The minimum atomic E-state index is -0.462. The van der Waals surface area contributed by atoms with Crippen molar-refractivity contribution in [3.8, 4) is 0 Å². The maximum atomic E-state index is 12.2. The van der Waals surface area contributed by atoms with Crippen LogP contribution in [-0.2, 0) is 0 Å². The average Bonchev–Trinajstić information content (AvgIpc) is 2.51. The van der Waals surface area contributed by atoms with Crippen LogP contribution in [0.4, 0.5) is 11.4 Å². The molecule has 1 amide bonds. The standard InChI is InChI=1S/C16H14IN3O3S/c1-9-6-7-11(8-12(9)17)15(21)19-16(24)18-13-4-3-5-14(10(13)2)20(22)23/h3-8H,1-2H3,(H2,18,19,21,24). The molecule has 24 heavy (non-hydrogen) atoms. The van der Waals surface area contributed by atoms with Crippen molar-refractivity contribution in [2.45, 2.75) is 13.8 Å². The normalized spacial score (nSPS) is 10.1. The first kappa shape index (κ1) is 18.3. The number of aryl methyl sites for hydroxylation is 1. The molecule has 0 saturated heterocycles. The Morgan fingerprint density at radius 1 is 1.25 bits per heavy atom. The van der Waals surface area contributed by atoms with Gasteiger partial charge in [0, 0.05) is 15.2 Å². The van der Waals surface area contributed by atoms with Crippen LogP contribution in [0.15, 0.2) is 36.4 Å². The largest absolute Gasteiger partial charge is 0.332 e. The van der Waals surface area contributed by atoms with Crippen LogP contribution in [-0.4, -0.2) is 15.9 Å². The molecule has 0 atom stereocenters. The summed E-state index contributed by atoms with van der Waals surface area (Å²) in [6, 6.07) is 9.98. The van der Waals surface area contributed by atoms with Gasteiger partial charge in [0.2, 0.25) is 0 Å². The van der Waals surface area contributed by atoms with Gasteiger partial charge < -0.3 is 5.32 Å². The number of carbonyl (C=O) groups is 1. The van der Waals surface area contributed by atoms with Crippen molar-refractivity contribution in [3.63, 3.8) is 0 Å². The Morgan fingerprint density at radius 2 is 1.96 bits per heavy atom. The van der Waals surface area contributed by atoms with Gasteiger partial charge in [-0.05, 0) is 72.4 Å². The van der Waals surface area contributed by atoms with Crippen LogP contribution in [0.1, 0.15) is 21.5 Å². The number of nitro groups is 1. The van der Waals surface area contributed by atoms with E-state index in [4.69, 9.17) is 12.2 Å². The smallest absolute Gasteiger partial charge is 0.274 e. The Balaban J connectivity index is 2.11. The van der Waals surface area contributed by atoms with E-state index in [0.29, 0.717) is 16.8 Å². The van der Waals surface area contributed by atoms with Gasteiger partial charge in [-0.3, -0.25) is 20.2 Å². The van der Waals surface area contributed by atoms with Crippen LogP contribution in [0.2, 0.25) is 0 Å². The molecule has 0 aliphatic carbocycles. The monoisotopic (exact) mass is 455 g/mol. The van der Waals surface area contributed by atoms with E-state index in [1.54, 1.807) is 31.2 Å². The Labute approximate surface area is 157 Å². The highest BCUT2D eigenvalue weighted by molar-refractivity contribution is 14.1. The van der Waals surface area contributed by atoms with Crippen molar-refractivity contribution in [1.29, 1.82) is 0 Å². The van der Waals surface area contributed by atoms with Gasteiger partial charge in [0.1, 0.15) is 0 Å². The number of anilines is 1. The average molecular weight is 455 g/mol. The molecular weight excluding hydrogens is 441 g/mol. The summed E-state index contributed by atoms with van der Waals surface area (Å²) in [7, 11) is 0. The maximum Gasteiger partial charge on any atom is 0.274 e. The number of amides is 1. The molecule has 0 bridgehead atoms. The number of nitrogens with zero attached hydrogens (tertiary/aromatic N) is 1. The minimum absolute atomic E-state index is 0.0118. The predicted molar refractivity (Wildman–Crippen MR) is 105 cm³/mol. The molecule has 0 radical (unpaired) electrons. The molecule has 8 heteroatoms. The fourth-order valence-electron chi connectivity index (χ4n) is 2.02. The van der Waals surface area contributed by atoms with Crippen molar-refractivity contribution in [3.05, 3.63) is 66.8 Å². The number of hydrogen-bond donors (Lipinski definition) is 2. The van der Waals surface area contributed by atoms with Crippen molar-refractivity contribution in [1.82, 2.24) is 5.32 Å². The molecule has 2 N–H and O–H groups in total. The molecule has 0 aliphatic heterocycles. The first-order valence-corrected chi connectivity index (χ1v) is 8.41. The fourth-order valence-corrected chi connectivity index (χ4v) is 2.74. The third-order valence-electron chi connectivity index (χ3n) is 3.41. The summed E-state index contributed by atoms with van der Waals surface area (Å²) < 4.78 is 0.980. The summed E-state index contributed by atoms with van der Waals surface area (Å²) in [5.41, 5.74) is 2.49. The van der Waals surface area contributed by atoms with Gasteiger partial charge in [-0.15, -0.1) is 0 Å². The molecular formula is C16H14IN3O3S. The number of hydrogen-bond acceptors (Lipinski definition) is 4. The zero-order valence-corrected chi connectivity index (χ0v) is 15.9. The molecule has 6 nitrogen and oxygen atoms in total. The number of rotatable bonds is 3. The number of nitro benzene ring substituents is 1. The molecule has 124 valence electrons. The van der Waals surface area contributed by atoms with Gasteiger partial charge >= 0.3 is 0 Å². The lowest BCUT2D eigenvalue weighted by atomic mass is 10.1. The van der Waals surface area contributed by atoms with Gasteiger partial charge in [0.05, 0.1) is 16.2 Å². The van der Waals surface area contributed by atoms with Crippen LogP contribution in [0.25, 0.3) is 0 Å². The Bertz CT molecular complexity index is 839. The molecule has 0 heterocycles. The zero-order valence-electron chi connectivity index (χ0n) is 12.9. The summed E-state index contributed by atoms with van der Waals surface area (Å²) in [6.07, 6.45) is 0. The fraction of sp³-hybridized carbons (Fsp3) is 0.125. The van der Waals surface area contributed by atoms with Crippen molar-refractivity contribution >= 4 is 57.2 Å². The van der Waals surface area contributed by atoms with E-state index in [-0.39, 0.29) is 16.7 Å². The molecule has 0 aromatic heterocycles. The first-order valence-electron chi connectivity index (χ1n) is 6.92. The van der Waals surface area contributed by atoms with Crippen LogP contribution >= 0.6 is 34.8 Å². The van der Waals surface area contributed by atoms with Crippen molar-refractivity contribution in [2.24, 2.45) is 0 Å². The van der Waals surface area contributed by atoms with E-state index in [0.717, 1.165) is 9.13 Å². The molecule has 0 saturated carbocycles. The highest BCUT2D eigenvalue weighted by Gasteiger charge is 2.15. The van der Waals surface area contributed by atoms with Crippen LogP contribution in [0, 0.1) is 27.5 Å². The summed E-state index contributed by atoms with van der Waals surface area (Å²) >= 11 is 7.28. The van der Waals surface area contributed by atoms with Gasteiger partial charge in [-0.25, -0.2) is 0 Å². The minimum Gasteiger partial charge on any atom is -0.332 e. The zero-order chi connectivity index (χ0) is 17.9. The quantitative estimate of drug-likeness (QED) is 0.317. The van der Waals surface area contributed by atoms with E-state index in [1.807, 2.05) is 13.0 Å². The second-order valence-electron chi connectivity index (χ2n) is 5.08. The summed E-state index contributed by atoms with van der Waals surface area (Å²) in [6.45, 7) is 3.58. The molecule has 0 spiro atoms. The van der Waals surface area contributed by atoms with Crippen LogP contribution in [0.5, 0.6) is 0 Å². The third-order valence-corrected chi connectivity index (χ3v) is 4.78. The lowest BCUT2D eigenvalue weighted by Crippen LogP contribution is -2.34. The van der Waals surface area contributed by atoms with Gasteiger partial charge in [0.25, 0.3) is 11.6 Å². The summed E-state index contributed by atoms with van der Waals surface area (Å²) in [5, 5.41) is 16.4. The number of halogens is 1. The van der Waals surface area contributed by atoms with E-state index in [2.05, 4.69) is 33.2 Å². The first-order chi connectivity index (χ1) is 11.3. The number of carbonyl (C=O) groups excluding carboxylic acids is 1. The Morgan fingerprint density at radius 3 is 2.58 bits per heavy atom. The second-order valence-corrected chi connectivity index (χ2v) is 6.65. The maximum absolute atomic E-state index is 12.2. The SMILES string of the molecule is Cc1ccc(C(=O)NC(=S)Nc2cccc([N+](=O)[O-])c2C)cc1I. The number of benzene rings is 2. The van der Waals surface area contributed by atoms with E-state index < -0.39 is 4.92 Å². The molecule has 0 unspecified atom stereocenters. The molecule has 2 aromatic rings. The Kier molecular flexibility index (Phi) is 5.84. The van der Waals surface area contributed by atoms with Crippen molar-refractivity contribution in [2.75, 3.05) is 5.32 Å². The third kappa shape index (κ3) is 4.26. The Hall–Kier alpha value is -2.07. The van der Waals surface area contributed by atoms with Gasteiger partial charge in [0.15, 0.2) is 5.11 Å². The van der Waals surface area contributed by atoms with E-state index in [1.165, 1.54) is 6.07 Å². The molecule has 2 rings (SSSR count). The number of thiocarbonyl (C=S) groups is 1. The summed E-state index contributed by atoms with van der Waals surface area (Å²) in [4.78, 5) is 22.7. The highest BCUT2D eigenvalue weighted by Crippen LogP contribution is 2.24. The number of nitrogens with one attached hydrogen (secondary N) is 2. The predicted octanol–water partition coefficient (Wildman–Crippen LogP) is 3.94. The molecule has 2 aromatic carbocycles. The van der Waals surface area contributed by atoms with E-state index in [9.17, 15) is 14.9 Å². The molecule has 0 aliphatic rings.